The van der Waals surface area contributed by atoms with Crippen LogP contribution in [0.25, 0.3) is 0 Å². The van der Waals surface area contributed by atoms with Gasteiger partial charge in [0.2, 0.25) is 10.0 Å². The SMILES string of the molecule is CCN1CCCC1CNS(=O)(=O)c1ccc(NC)nc1. The molecular formula is C13H22N4O2S. The largest absolute Gasteiger partial charge is 0.373 e. The van der Waals surface area contributed by atoms with Gasteiger partial charge in [-0.3, -0.25) is 4.90 Å². The molecule has 7 heteroatoms. The quantitative estimate of drug-likeness (QED) is 0.816. The van der Waals surface area contributed by atoms with Gasteiger partial charge in [0.25, 0.3) is 0 Å². The number of hydrogen-bond acceptors (Lipinski definition) is 5. The summed E-state index contributed by atoms with van der Waals surface area (Å²) in [7, 11) is -1.73. The molecule has 0 bridgehead atoms. The van der Waals surface area contributed by atoms with Crippen molar-refractivity contribution in [2.45, 2.75) is 30.7 Å². The van der Waals surface area contributed by atoms with Gasteiger partial charge in [-0.1, -0.05) is 6.92 Å². The maximum Gasteiger partial charge on any atom is 0.242 e. The normalized spacial score (nSPS) is 20.2. The van der Waals surface area contributed by atoms with E-state index in [4.69, 9.17) is 0 Å². The summed E-state index contributed by atoms with van der Waals surface area (Å²) in [5.41, 5.74) is 0. The van der Waals surface area contributed by atoms with Gasteiger partial charge in [-0.25, -0.2) is 18.1 Å². The van der Waals surface area contributed by atoms with Crippen molar-refractivity contribution >= 4 is 15.8 Å². The molecule has 0 amide bonds. The van der Waals surface area contributed by atoms with Crippen LogP contribution in [0, 0.1) is 0 Å². The van der Waals surface area contributed by atoms with E-state index in [2.05, 4.69) is 26.8 Å². The van der Waals surface area contributed by atoms with E-state index in [-0.39, 0.29) is 4.90 Å². The van der Waals surface area contributed by atoms with Crippen molar-refractivity contribution in [3.63, 3.8) is 0 Å². The van der Waals surface area contributed by atoms with Gasteiger partial charge in [-0.2, -0.15) is 0 Å². The minimum Gasteiger partial charge on any atom is -0.373 e. The average Bonchev–Trinajstić information content (AvgIpc) is 2.93. The van der Waals surface area contributed by atoms with Crippen LogP contribution in [0.1, 0.15) is 19.8 Å². The summed E-state index contributed by atoms with van der Waals surface area (Å²) < 4.78 is 27.1. The molecule has 1 aromatic rings. The van der Waals surface area contributed by atoms with Crippen LogP contribution in [0.15, 0.2) is 23.2 Å². The Hall–Kier alpha value is -1.18. The molecule has 2 N–H and O–H groups in total. The molecule has 112 valence electrons. The molecule has 1 aliphatic rings. The first kappa shape index (κ1) is 15.2. The smallest absolute Gasteiger partial charge is 0.242 e. The summed E-state index contributed by atoms with van der Waals surface area (Å²) in [6.07, 6.45) is 3.56. The fraction of sp³-hybridized carbons (Fsp3) is 0.615. The first-order valence-electron chi connectivity index (χ1n) is 6.94. The summed E-state index contributed by atoms with van der Waals surface area (Å²) >= 11 is 0. The molecular weight excluding hydrogens is 276 g/mol. The summed E-state index contributed by atoms with van der Waals surface area (Å²) in [6.45, 7) is 4.59. The van der Waals surface area contributed by atoms with E-state index >= 15 is 0 Å². The highest BCUT2D eigenvalue weighted by Gasteiger charge is 2.25. The number of pyridine rings is 1. The molecule has 0 radical (unpaired) electrons. The zero-order valence-corrected chi connectivity index (χ0v) is 12.8. The van der Waals surface area contributed by atoms with Crippen LogP contribution in [-0.4, -0.2) is 51.0 Å². The van der Waals surface area contributed by atoms with Gasteiger partial charge in [0.1, 0.15) is 10.7 Å². The highest BCUT2D eigenvalue weighted by molar-refractivity contribution is 7.89. The monoisotopic (exact) mass is 298 g/mol. The van der Waals surface area contributed by atoms with Crippen LogP contribution >= 0.6 is 0 Å². The minimum atomic E-state index is -3.47. The third-order valence-corrected chi connectivity index (χ3v) is 5.13. The summed E-state index contributed by atoms with van der Waals surface area (Å²) in [5.74, 6) is 0.650. The van der Waals surface area contributed by atoms with E-state index < -0.39 is 10.0 Å². The second kappa shape index (κ2) is 6.51. The second-order valence-electron chi connectivity index (χ2n) is 4.91. The fourth-order valence-electron chi connectivity index (χ4n) is 2.52. The van der Waals surface area contributed by atoms with Crippen molar-refractivity contribution in [2.24, 2.45) is 0 Å². The molecule has 1 unspecified atom stereocenters. The van der Waals surface area contributed by atoms with Crippen molar-refractivity contribution in [1.29, 1.82) is 0 Å². The Kier molecular flexibility index (Phi) is 4.95. The highest BCUT2D eigenvalue weighted by Crippen LogP contribution is 2.17. The summed E-state index contributed by atoms with van der Waals surface area (Å²) in [5, 5.41) is 2.86. The van der Waals surface area contributed by atoms with Crippen molar-refractivity contribution in [2.75, 3.05) is 32.0 Å². The van der Waals surface area contributed by atoms with Crippen molar-refractivity contribution in [3.8, 4) is 0 Å². The third-order valence-electron chi connectivity index (χ3n) is 3.72. The number of likely N-dealkylation sites (tertiary alicyclic amines) is 1. The van der Waals surface area contributed by atoms with Gasteiger partial charge in [-0.05, 0) is 38.1 Å². The number of likely N-dealkylation sites (N-methyl/N-ethyl adjacent to an activating group) is 1. The maximum absolute atomic E-state index is 12.2. The maximum atomic E-state index is 12.2. The van der Waals surface area contributed by atoms with E-state index in [0.29, 0.717) is 18.4 Å². The van der Waals surface area contributed by atoms with Crippen LogP contribution in [-0.2, 0) is 10.0 Å². The Morgan fingerprint density at radius 2 is 2.25 bits per heavy atom. The lowest BCUT2D eigenvalue weighted by Gasteiger charge is -2.22. The molecule has 0 spiro atoms. The number of sulfonamides is 1. The van der Waals surface area contributed by atoms with E-state index in [1.807, 2.05) is 0 Å². The third kappa shape index (κ3) is 3.47. The average molecular weight is 298 g/mol. The lowest BCUT2D eigenvalue weighted by Crippen LogP contribution is -2.40. The van der Waals surface area contributed by atoms with Crippen LogP contribution in [0.5, 0.6) is 0 Å². The van der Waals surface area contributed by atoms with Gasteiger partial charge in [-0.15, -0.1) is 0 Å². The Morgan fingerprint density at radius 3 is 2.85 bits per heavy atom. The number of hydrogen-bond donors (Lipinski definition) is 2. The first-order valence-corrected chi connectivity index (χ1v) is 8.42. The Bertz CT molecular complexity index is 530. The first-order chi connectivity index (χ1) is 9.56. The Balaban J connectivity index is 1.99. The van der Waals surface area contributed by atoms with E-state index in [0.717, 1.165) is 25.9 Å². The van der Waals surface area contributed by atoms with Crippen LogP contribution in [0.2, 0.25) is 0 Å². The molecule has 0 aliphatic carbocycles. The minimum absolute atomic E-state index is 0.206. The molecule has 1 fully saturated rings. The van der Waals surface area contributed by atoms with E-state index in [9.17, 15) is 8.42 Å². The molecule has 2 rings (SSSR count). The summed E-state index contributed by atoms with van der Waals surface area (Å²) in [6, 6.07) is 3.52. The molecule has 20 heavy (non-hydrogen) atoms. The fourth-order valence-corrected chi connectivity index (χ4v) is 3.54. The predicted molar refractivity (Wildman–Crippen MR) is 79.2 cm³/mol. The van der Waals surface area contributed by atoms with Gasteiger partial charge in [0, 0.05) is 25.8 Å². The van der Waals surface area contributed by atoms with Crippen molar-refractivity contribution < 1.29 is 8.42 Å². The summed E-state index contributed by atoms with van der Waals surface area (Å²) in [4.78, 5) is 6.55. The number of aromatic nitrogens is 1. The lowest BCUT2D eigenvalue weighted by molar-refractivity contribution is 0.268. The highest BCUT2D eigenvalue weighted by atomic mass is 32.2. The van der Waals surface area contributed by atoms with Crippen LogP contribution in [0.4, 0.5) is 5.82 Å². The second-order valence-corrected chi connectivity index (χ2v) is 6.67. The number of anilines is 1. The zero-order chi connectivity index (χ0) is 14.6. The van der Waals surface area contributed by atoms with Crippen molar-refractivity contribution in [1.82, 2.24) is 14.6 Å². The Labute approximate surface area is 120 Å². The topological polar surface area (TPSA) is 74.3 Å². The lowest BCUT2D eigenvalue weighted by atomic mass is 10.2. The molecule has 1 atom stereocenters. The predicted octanol–water partition coefficient (Wildman–Crippen LogP) is 0.886. The van der Waals surface area contributed by atoms with Gasteiger partial charge < -0.3 is 5.32 Å². The molecule has 1 aromatic heterocycles. The molecule has 0 aromatic carbocycles. The van der Waals surface area contributed by atoms with Crippen LogP contribution in [0.3, 0.4) is 0 Å². The molecule has 0 saturated carbocycles. The van der Waals surface area contributed by atoms with E-state index in [1.54, 1.807) is 19.2 Å². The van der Waals surface area contributed by atoms with Gasteiger partial charge in [0.05, 0.1) is 0 Å². The van der Waals surface area contributed by atoms with Crippen LogP contribution < -0.4 is 10.0 Å². The van der Waals surface area contributed by atoms with Gasteiger partial charge in [0.15, 0.2) is 0 Å². The Morgan fingerprint density at radius 1 is 1.45 bits per heavy atom. The standard InChI is InChI=1S/C13H22N4O2S/c1-3-17-8-4-5-11(17)9-16-20(18,19)12-6-7-13(14-2)15-10-12/h6-7,10-11,16H,3-5,8-9H2,1-2H3,(H,14,15). The number of nitrogens with zero attached hydrogens (tertiary/aromatic N) is 2. The number of rotatable bonds is 6. The molecule has 1 aliphatic heterocycles. The molecule has 6 nitrogen and oxygen atoms in total. The molecule has 2 heterocycles. The van der Waals surface area contributed by atoms with E-state index in [1.165, 1.54) is 6.20 Å². The molecule has 1 saturated heterocycles. The van der Waals surface area contributed by atoms with Crippen molar-refractivity contribution in [3.05, 3.63) is 18.3 Å². The zero-order valence-electron chi connectivity index (χ0n) is 12.0. The van der Waals surface area contributed by atoms with Gasteiger partial charge >= 0.3 is 0 Å². The number of nitrogens with one attached hydrogen (secondary N) is 2.